The maximum atomic E-state index is 10.6. The normalized spacial score (nSPS) is 9.55. The van der Waals surface area contributed by atoms with E-state index in [0.29, 0.717) is 6.42 Å². The van der Waals surface area contributed by atoms with Gasteiger partial charge in [-0.25, -0.2) is 0 Å². The van der Waals surface area contributed by atoms with Crippen molar-refractivity contribution in [2.24, 2.45) is 0 Å². The van der Waals surface area contributed by atoms with E-state index in [1.807, 2.05) is 0 Å². The smallest absolute Gasteiger partial charge is 0.305 e. The van der Waals surface area contributed by atoms with Gasteiger partial charge in [0.15, 0.2) is 0 Å². The number of aromatic nitrogens is 1. The zero-order valence-electron chi connectivity index (χ0n) is 6.24. The fourth-order valence-electron chi connectivity index (χ4n) is 0.564. The minimum atomic E-state index is -0.216. The van der Waals surface area contributed by atoms with Crippen LogP contribution in [0.1, 0.15) is 18.9 Å². The maximum absolute atomic E-state index is 10.6. The van der Waals surface area contributed by atoms with Gasteiger partial charge < -0.3 is 9.26 Å². The summed E-state index contributed by atoms with van der Waals surface area (Å²) in [7, 11) is 0. The van der Waals surface area contributed by atoms with Gasteiger partial charge in [0.1, 0.15) is 12.9 Å². The second kappa shape index (κ2) is 3.75. The van der Waals surface area contributed by atoms with Crippen molar-refractivity contribution in [3.05, 3.63) is 18.0 Å². The highest BCUT2D eigenvalue weighted by Gasteiger charge is 2.00. The van der Waals surface area contributed by atoms with E-state index in [4.69, 9.17) is 4.74 Å². The minimum absolute atomic E-state index is 0.216. The molecule has 0 saturated carbocycles. The highest BCUT2D eigenvalue weighted by molar-refractivity contribution is 5.68. The van der Waals surface area contributed by atoms with Crippen molar-refractivity contribution in [2.75, 3.05) is 0 Å². The fourth-order valence-corrected chi connectivity index (χ4v) is 0.564. The van der Waals surface area contributed by atoms with Gasteiger partial charge in [-0.1, -0.05) is 12.1 Å². The number of hydrogen-bond donors (Lipinski definition) is 0. The summed E-state index contributed by atoms with van der Waals surface area (Å²) in [6.07, 6.45) is 3.36. The zero-order valence-corrected chi connectivity index (χ0v) is 6.24. The first-order valence-electron chi connectivity index (χ1n) is 3.36. The molecule has 11 heavy (non-hydrogen) atoms. The summed E-state index contributed by atoms with van der Waals surface area (Å²) in [5.74, 6) is -0.216. The molecule has 0 fully saturated rings. The molecule has 0 aliphatic heterocycles. The van der Waals surface area contributed by atoms with Crippen molar-refractivity contribution < 1.29 is 14.1 Å². The van der Waals surface area contributed by atoms with Crippen LogP contribution in [0.15, 0.2) is 17.0 Å². The Morgan fingerprint density at radius 2 is 2.64 bits per heavy atom. The van der Waals surface area contributed by atoms with E-state index < -0.39 is 0 Å². The van der Waals surface area contributed by atoms with Crippen LogP contribution < -0.4 is 0 Å². The molecule has 0 unspecified atom stereocenters. The van der Waals surface area contributed by atoms with Crippen LogP contribution in [0, 0.1) is 0 Å². The van der Waals surface area contributed by atoms with Gasteiger partial charge in [0.2, 0.25) is 0 Å². The molecular weight excluding hydrogens is 146 g/mol. The molecule has 60 valence electrons. The topological polar surface area (TPSA) is 52.3 Å². The van der Waals surface area contributed by atoms with E-state index in [2.05, 4.69) is 9.68 Å². The van der Waals surface area contributed by atoms with Crippen LogP contribution in [0.2, 0.25) is 0 Å². The molecular formula is C7H9NO3. The summed E-state index contributed by atoms with van der Waals surface area (Å²) in [6, 6.07) is 0. The number of esters is 1. The maximum Gasteiger partial charge on any atom is 0.305 e. The van der Waals surface area contributed by atoms with Crippen LogP contribution in [0.4, 0.5) is 0 Å². The molecule has 0 spiro atoms. The minimum Gasteiger partial charge on any atom is -0.461 e. The molecule has 0 aliphatic rings. The lowest BCUT2D eigenvalue weighted by Crippen LogP contribution is -2.01. The quantitative estimate of drug-likeness (QED) is 0.614. The Kier molecular flexibility index (Phi) is 2.66. The predicted molar refractivity (Wildman–Crippen MR) is 36.6 cm³/mol. The number of nitrogens with zero attached hydrogens (tertiary/aromatic N) is 1. The first-order valence-corrected chi connectivity index (χ1v) is 3.36. The van der Waals surface area contributed by atoms with Gasteiger partial charge in [0.05, 0.1) is 6.20 Å². The standard InChI is InChI=1S/C7H9NO3/c1-2-7(9)10-4-6-3-8-11-5-6/h3,5H,2,4H2,1H3. The number of ether oxygens (including phenoxy) is 1. The van der Waals surface area contributed by atoms with Gasteiger partial charge in [0.25, 0.3) is 0 Å². The monoisotopic (exact) mass is 155 g/mol. The Morgan fingerprint density at radius 1 is 1.82 bits per heavy atom. The summed E-state index contributed by atoms with van der Waals surface area (Å²) in [6.45, 7) is 1.99. The summed E-state index contributed by atoms with van der Waals surface area (Å²) in [4.78, 5) is 10.6. The average molecular weight is 155 g/mol. The Bertz CT molecular complexity index is 218. The van der Waals surface area contributed by atoms with Gasteiger partial charge >= 0.3 is 5.97 Å². The van der Waals surface area contributed by atoms with E-state index in [-0.39, 0.29) is 12.6 Å². The molecule has 1 rings (SSSR count). The van der Waals surface area contributed by atoms with Crippen molar-refractivity contribution in [3.8, 4) is 0 Å². The molecule has 0 aliphatic carbocycles. The van der Waals surface area contributed by atoms with Crippen molar-refractivity contribution in [1.29, 1.82) is 0 Å². The molecule has 0 saturated heterocycles. The molecule has 0 bridgehead atoms. The predicted octanol–water partition coefficient (Wildman–Crippen LogP) is 1.13. The van der Waals surface area contributed by atoms with Crippen molar-refractivity contribution in [2.45, 2.75) is 20.0 Å². The van der Waals surface area contributed by atoms with Crippen LogP contribution in [-0.4, -0.2) is 11.1 Å². The van der Waals surface area contributed by atoms with Crippen molar-refractivity contribution in [1.82, 2.24) is 5.16 Å². The molecule has 0 aromatic carbocycles. The number of carbonyl (C=O) groups is 1. The molecule has 0 atom stereocenters. The number of carbonyl (C=O) groups excluding carboxylic acids is 1. The molecule has 0 N–H and O–H groups in total. The van der Waals surface area contributed by atoms with E-state index in [1.165, 1.54) is 12.5 Å². The van der Waals surface area contributed by atoms with Gasteiger partial charge in [-0.15, -0.1) is 0 Å². The van der Waals surface area contributed by atoms with E-state index in [0.717, 1.165) is 5.56 Å². The second-order valence-electron chi connectivity index (χ2n) is 2.05. The first-order chi connectivity index (χ1) is 5.33. The summed E-state index contributed by atoms with van der Waals surface area (Å²) in [5, 5.41) is 3.46. The Morgan fingerprint density at radius 3 is 3.18 bits per heavy atom. The molecule has 4 nitrogen and oxygen atoms in total. The van der Waals surface area contributed by atoms with E-state index in [9.17, 15) is 4.79 Å². The SMILES string of the molecule is CCC(=O)OCc1cnoc1. The third kappa shape index (κ3) is 2.41. The molecule has 0 amide bonds. The number of hydrogen-bond acceptors (Lipinski definition) is 4. The summed E-state index contributed by atoms with van der Waals surface area (Å²) in [5.41, 5.74) is 0.770. The summed E-state index contributed by atoms with van der Waals surface area (Å²) >= 11 is 0. The third-order valence-corrected chi connectivity index (χ3v) is 1.17. The van der Waals surface area contributed by atoms with Crippen molar-refractivity contribution in [3.63, 3.8) is 0 Å². The highest BCUT2D eigenvalue weighted by atomic mass is 16.5. The van der Waals surface area contributed by atoms with Crippen molar-refractivity contribution >= 4 is 5.97 Å². The lowest BCUT2D eigenvalue weighted by Gasteiger charge is -1.97. The lowest BCUT2D eigenvalue weighted by atomic mass is 10.4. The summed E-state index contributed by atoms with van der Waals surface area (Å²) < 4.78 is 9.34. The number of rotatable bonds is 3. The average Bonchev–Trinajstić information content (AvgIpc) is 2.52. The van der Waals surface area contributed by atoms with Gasteiger partial charge in [-0.05, 0) is 0 Å². The van der Waals surface area contributed by atoms with Gasteiger partial charge in [0, 0.05) is 12.0 Å². The lowest BCUT2D eigenvalue weighted by molar-refractivity contribution is -0.144. The molecule has 1 heterocycles. The first kappa shape index (κ1) is 7.78. The molecule has 1 aromatic rings. The highest BCUT2D eigenvalue weighted by Crippen LogP contribution is 1.99. The van der Waals surface area contributed by atoms with Gasteiger partial charge in [-0.2, -0.15) is 0 Å². The van der Waals surface area contributed by atoms with Crippen LogP contribution in [-0.2, 0) is 16.1 Å². The zero-order chi connectivity index (χ0) is 8.10. The Balaban J connectivity index is 2.29. The second-order valence-corrected chi connectivity index (χ2v) is 2.05. The van der Waals surface area contributed by atoms with E-state index in [1.54, 1.807) is 6.92 Å². The van der Waals surface area contributed by atoms with Crippen LogP contribution in [0.3, 0.4) is 0 Å². The van der Waals surface area contributed by atoms with Crippen LogP contribution in [0.5, 0.6) is 0 Å². The molecule has 0 radical (unpaired) electrons. The molecule has 4 heteroatoms. The van der Waals surface area contributed by atoms with Crippen LogP contribution >= 0.6 is 0 Å². The van der Waals surface area contributed by atoms with E-state index >= 15 is 0 Å². The largest absolute Gasteiger partial charge is 0.461 e. The fraction of sp³-hybridized carbons (Fsp3) is 0.429. The molecule has 1 aromatic heterocycles. The van der Waals surface area contributed by atoms with Gasteiger partial charge in [-0.3, -0.25) is 4.79 Å². The Hall–Kier alpha value is -1.32. The Labute approximate surface area is 64.1 Å². The third-order valence-electron chi connectivity index (χ3n) is 1.17. The van der Waals surface area contributed by atoms with Crippen LogP contribution in [0.25, 0.3) is 0 Å².